The molecule has 0 atom stereocenters. The Balaban J connectivity index is 1.56. The van der Waals surface area contributed by atoms with Crippen LogP contribution in [0.2, 0.25) is 0 Å². The van der Waals surface area contributed by atoms with E-state index in [2.05, 4.69) is 10.3 Å². The summed E-state index contributed by atoms with van der Waals surface area (Å²) >= 11 is 1.22. The van der Waals surface area contributed by atoms with Gasteiger partial charge in [0.25, 0.3) is 5.56 Å². The molecule has 0 saturated heterocycles. The first kappa shape index (κ1) is 23.4. The zero-order valence-corrected chi connectivity index (χ0v) is 20.6. The number of hydrogen-bond donors (Lipinski definition) is 2. The molecule has 36 heavy (non-hydrogen) atoms. The third-order valence-electron chi connectivity index (χ3n) is 5.84. The summed E-state index contributed by atoms with van der Waals surface area (Å²) in [6.07, 6.45) is 1.80. The Morgan fingerprint density at radius 1 is 1.03 bits per heavy atom. The minimum absolute atomic E-state index is 0.0908. The molecule has 1 amide bonds. The van der Waals surface area contributed by atoms with E-state index in [1.807, 2.05) is 61.5 Å². The average Bonchev–Trinajstić information content (AvgIpc) is 3.34. The van der Waals surface area contributed by atoms with Gasteiger partial charge < -0.3 is 15.0 Å². The summed E-state index contributed by atoms with van der Waals surface area (Å²) in [6, 6.07) is 24.6. The number of methoxy groups -OCH3 is 1. The predicted molar refractivity (Wildman–Crippen MR) is 144 cm³/mol. The number of carbonyl (C=O) groups is 1. The van der Waals surface area contributed by atoms with Crippen molar-refractivity contribution in [3.63, 3.8) is 0 Å². The van der Waals surface area contributed by atoms with E-state index < -0.39 is 0 Å². The van der Waals surface area contributed by atoms with E-state index in [1.54, 1.807) is 37.6 Å². The third-order valence-corrected chi connectivity index (χ3v) is 6.77. The molecule has 3 aromatic carbocycles. The zero-order valence-electron chi connectivity index (χ0n) is 19.8. The fraction of sp³-hybridized carbons (Fsp3) is 0.107. The molecular formula is C28H24N4O3S. The van der Waals surface area contributed by atoms with Gasteiger partial charge in [0.05, 0.1) is 18.6 Å². The molecule has 0 spiro atoms. The van der Waals surface area contributed by atoms with Crippen LogP contribution in [0.5, 0.6) is 5.75 Å². The number of nitrogens with one attached hydrogen (secondary N) is 2. The molecule has 0 radical (unpaired) electrons. The predicted octanol–water partition coefficient (Wildman–Crippen LogP) is 5.43. The lowest BCUT2D eigenvalue weighted by Crippen LogP contribution is -2.23. The molecule has 5 aromatic rings. The number of fused-ring (bicyclic) bond motifs is 1. The van der Waals surface area contributed by atoms with Crippen LogP contribution in [0.1, 0.15) is 5.56 Å². The van der Waals surface area contributed by atoms with Crippen molar-refractivity contribution < 1.29 is 9.53 Å². The maximum atomic E-state index is 13.7. The highest BCUT2D eigenvalue weighted by molar-refractivity contribution is 7.99. The Morgan fingerprint density at radius 2 is 1.75 bits per heavy atom. The van der Waals surface area contributed by atoms with Crippen molar-refractivity contribution in [2.45, 2.75) is 12.1 Å². The second-order valence-corrected chi connectivity index (χ2v) is 9.12. The standard InChI is InChI=1S/C28H24N4O3S/c1-18-8-6-7-11-23(18)30-24(33)17-36-28-31-25-22(19-9-4-3-5-10-19)16-29-26(25)27(34)32(28)20-12-14-21(35-2)15-13-20/h3-16,29H,17H2,1-2H3,(H,30,33). The summed E-state index contributed by atoms with van der Waals surface area (Å²) in [4.78, 5) is 34.4. The van der Waals surface area contributed by atoms with Gasteiger partial charge in [-0.1, -0.05) is 60.3 Å². The van der Waals surface area contributed by atoms with Gasteiger partial charge in [0.1, 0.15) is 16.8 Å². The lowest BCUT2D eigenvalue weighted by atomic mass is 10.1. The maximum absolute atomic E-state index is 13.7. The number of amides is 1. The number of nitrogens with zero attached hydrogens (tertiary/aromatic N) is 2. The molecule has 0 fully saturated rings. The second-order valence-electron chi connectivity index (χ2n) is 8.18. The van der Waals surface area contributed by atoms with Crippen LogP contribution in [0.25, 0.3) is 27.8 Å². The van der Waals surface area contributed by atoms with Gasteiger partial charge in [0.2, 0.25) is 5.91 Å². The van der Waals surface area contributed by atoms with Crippen LogP contribution < -0.4 is 15.6 Å². The van der Waals surface area contributed by atoms with Gasteiger partial charge in [-0.05, 0) is 48.4 Å². The summed E-state index contributed by atoms with van der Waals surface area (Å²) in [5.74, 6) is 0.592. The highest BCUT2D eigenvalue weighted by Crippen LogP contribution is 2.29. The van der Waals surface area contributed by atoms with E-state index in [0.717, 1.165) is 22.4 Å². The first-order valence-corrected chi connectivity index (χ1v) is 12.4. The van der Waals surface area contributed by atoms with Crippen LogP contribution in [-0.4, -0.2) is 33.3 Å². The van der Waals surface area contributed by atoms with E-state index in [9.17, 15) is 9.59 Å². The van der Waals surface area contributed by atoms with Crippen molar-refractivity contribution in [2.75, 3.05) is 18.2 Å². The van der Waals surface area contributed by atoms with E-state index in [1.165, 1.54) is 16.3 Å². The molecule has 7 nitrogen and oxygen atoms in total. The fourth-order valence-corrected chi connectivity index (χ4v) is 4.77. The van der Waals surface area contributed by atoms with Crippen LogP contribution in [0.4, 0.5) is 5.69 Å². The van der Waals surface area contributed by atoms with Crippen molar-refractivity contribution in [1.29, 1.82) is 0 Å². The molecule has 0 unspecified atom stereocenters. The van der Waals surface area contributed by atoms with Gasteiger partial charge in [-0.25, -0.2) is 4.98 Å². The van der Waals surface area contributed by atoms with E-state index in [0.29, 0.717) is 27.6 Å². The Kier molecular flexibility index (Phi) is 6.60. The number of aromatic amines is 1. The van der Waals surface area contributed by atoms with Crippen molar-refractivity contribution in [3.05, 3.63) is 101 Å². The summed E-state index contributed by atoms with van der Waals surface area (Å²) in [5, 5.41) is 3.37. The smallest absolute Gasteiger partial charge is 0.283 e. The summed E-state index contributed by atoms with van der Waals surface area (Å²) in [5.41, 5.74) is 4.88. The number of anilines is 1. The summed E-state index contributed by atoms with van der Waals surface area (Å²) in [7, 11) is 1.59. The van der Waals surface area contributed by atoms with E-state index >= 15 is 0 Å². The number of aryl methyl sites for hydroxylation is 1. The quantitative estimate of drug-likeness (QED) is 0.232. The van der Waals surface area contributed by atoms with Gasteiger partial charge in [-0.15, -0.1) is 0 Å². The van der Waals surface area contributed by atoms with Crippen molar-refractivity contribution in [1.82, 2.24) is 14.5 Å². The lowest BCUT2D eigenvalue weighted by molar-refractivity contribution is -0.113. The van der Waals surface area contributed by atoms with Crippen molar-refractivity contribution in [3.8, 4) is 22.6 Å². The molecule has 0 aliphatic rings. The van der Waals surface area contributed by atoms with Crippen LogP contribution in [-0.2, 0) is 4.79 Å². The molecular weight excluding hydrogens is 472 g/mol. The average molecular weight is 497 g/mol. The second kappa shape index (κ2) is 10.1. The summed E-state index contributed by atoms with van der Waals surface area (Å²) < 4.78 is 6.79. The highest BCUT2D eigenvalue weighted by Gasteiger charge is 2.19. The minimum Gasteiger partial charge on any atom is -0.497 e. The van der Waals surface area contributed by atoms with E-state index in [-0.39, 0.29) is 17.2 Å². The number of thioether (sulfide) groups is 1. The maximum Gasteiger partial charge on any atom is 0.283 e. The Morgan fingerprint density at radius 3 is 2.47 bits per heavy atom. The molecule has 2 heterocycles. The van der Waals surface area contributed by atoms with Gasteiger partial charge in [0, 0.05) is 17.4 Å². The number of benzene rings is 3. The molecule has 8 heteroatoms. The highest BCUT2D eigenvalue weighted by atomic mass is 32.2. The Bertz CT molecular complexity index is 1590. The van der Waals surface area contributed by atoms with Gasteiger partial charge in [-0.2, -0.15) is 0 Å². The molecule has 0 bridgehead atoms. The largest absolute Gasteiger partial charge is 0.497 e. The number of H-pyrrole nitrogens is 1. The topological polar surface area (TPSA) is 89.0 Å². The molecule has 0 saturated carbocycles. The van der Waals surface area contributed by atoms with Crippen molar-refractivity contribution >= 4 is 34.4 Å². The van der Waals surface area contributed by atoms with Crippen LogP contribution >= 0.6 is 11.8 Å². The number of para-hydroxylation sites is 1. The van der Waals surface area contributed by atoms with Crippen LogP contribution in [0, 0.1) is 6.92 Å². The zero-order chi connectivity index (χ0) is 25.1. The monoisotopic (exact) mass is 496 g/mol. The number of hydrogen-bond acceptors (Lipinski definition) is 5. The molecule has 0 aliphatic carbocycles. The lowest BCUT2D eigenvalue weighted by Gasteiger charge is -2.13. The summed E-state index contributed by atoms with van der Waals surface area (Å²) in [6.45, 7) is 1.94. The van der Waals surface area contributed by atoms with Gasteiger partial charge in [-0.3, -0.25) is 14.2 Å². The number of rotatable bonds is 7. The number of ether oxygens (including phenoxy) is 1. The number of carbonyl (C=O) groups excluding carboxylic acids is 1. The molecule has 2 N–H and O–H groups in total. The van der Waals surface area contributed by atoms with Crippen LogP contribution in [0.3, 0.4) is 0 Å². The minimum atomic E-state index is -0.242. The Hall–Kier alpha value is -4.30. The van der Waals surface area contributed by atoms with Crippen molar-refractivity contribution in [2.24, 2.45) is 0 Å². The molecule has 180 valence electrons. The van der Waals surface area contributed by atoms with Gasteiger partial charge in [0.15, 0.2) is 5.16 Å². The Labute approximate surface area is 212 Å². The first-order chi connectivity index (χ1) is 17.5. The molecule has 5 rings (SSSR count). The van der Waals surface area contributed by atoms with Crippen LogP contribution in [0.15, 0.2) is 95.0 Å². The molecule has 0 aliphatic heterocycles. The first-order valence-electron chi connectivity index (χ1n) is 11.4. The fourth-order valence-electron chi connectivity index (χ4n) is 3.96. The SMILES string of the molecule is COc1ccc(-n2c(SCC(=O)Nc3ccccc3C)nc3c(-c4ccccc4)c[nH]c3c2=O)cc1. The van der Waals surface area contributed by atoms with Gasteiger partial charge >= 0.3 is 0 Å². The number of aromatic nitrogens is 3. The molecule has 2 aromatic heterocycles. The third kappa shape index (κ3) is 4.63. The normalized spacial score (nSPS) is 10.9. The van der Waals surface area contributed by atoms with E-state index in [4.69, 9.17) is 9.72 Å².